The summed E-state index contributed by atoms with van der Waals surface area (Å²) in [7, 11) is 0. The number of hydrogen-bond acceptors (Lipinski definition) is 4. The third-order valence-corrected chi connectivity index (χ3v) is 3.76. The summed E-state index contributed by atoms with van der Waals surface area (Å²) in [6.45, 7) is 7.84. The first-order valence-electron chi connectivity index (χ1n) is 7.07. The van der Waals surface area contributed by atoms with E-state index in [4.69, 9.17) is 0 Å². The lowest BCUT2D eigenvalue weighted by molar-refractivity contribution is 0.319. The Morgan fingerprint density at radius 3 is 3.17 bits per heavy atom. The first kappa shape index (κ1) is 13.3. The molecule has 1 aromatic heterocycles. The second-order valence-corrected chi connectivity index (χ2v) is 5.17. The Hall–Kier alpha value is -1.16. The Balaban J connectivity index is 1.92. The van der Waals surface area contributed by atoms with Crippen LogP contribution in [0.25, 0.3) is 0 Å². The zero-order valence-electron chi connectivity index (χ0n) is 11.5. The van der Waals surface area contributed by atoms with Crippen molar-refractivity contribution in [1.29, 1.82) is 0 Å². The number of piperidine rings is 1. The van der Waals surface area contributed by atoms with Gasteiger partial charge in [0.05, 0.1) is 0 Å². The predicted molar refractivity (Wildman–Crippen MR) is 74.7 cm³/mol. The summed E-state index contributed by atoms with van der Waals surface area (Å²) >= 11 is 0. The molecule has 4 nitrogen and oxygen atoms in total. The van der Waals surface area contributed by atoms with Gasteiger partial charge in [0.15, 0.2) is 5.82 Å². The molecule has 2 unspecified atom stereocenters. The lowest BCUT2D eigenvalue weighted by Gasteiger charge is -2.36. The molecule has 0 radical (unpaired) electrons. The number of nitrogens with zero attached hydrogens (tertiary/aromatic N) is 3. The number of hydrogen-bond donors (Lipinski definition) is 1. The van der Waals surface area contributed by atoms with Gasteiger partial charge in [0, 0.05) is 25.3 Å². The molecule has 18 heavy (non-hydrogen) atoms. The average Bonchev–Trinajstić information content (AvgIpc) is 2.46. The topological polar surface area (TPSA) is 41.0 Å². The monoisotopic (exact) mass is 248 g/mol. The fourth-order valence-electron chi connectivity index (χ4n) is 2.63. The third kappa shape index (κ3) is 3.42. The highest BCUT2D eigenvalue weighted by atomic mass is 15.3. The van der Waals surface area contributed by atoms with Crippen molar-refractivity contribution < 1.29 is 0 Å². The molecule has 1 aliphatic heterocycles. The van der Waals surface area contributed by atoms with E-state index in [-0.39, 0.29) is 0 Å². The zero-order chi connectivity index (χ0) is 12.8. The molecule has 0 amide bonds. The fraction of sp³-hybridized carbons (Fsp3) is 0.714. The zero-order valence-corrected chi connectivity index (χ0v) is 11.5. The molecule has 1 fully saturated rings. The van der Waals surface area contributed by atoms with Crippen LogP contribution in [0.5, 0.6) is 0 Å². The minimum absolute atomic E-state index is 0.587. The van der Waals surface area contributed by atoms with Crippen molar-refractivity contribution in [2.45, 2.75) is 39.2 Å². The van der Waals surface area contributed by atoms with Crippen molar-refractivity contribution in [3.05, 3.63) is 18.3 Å². The van der Waals surface area contributed by atoms with E-state index in [0.29, 0.717) is 12.0 Å². The summed E-state index contributed by atoms with van der Waals surface area (Å²) in [5.74, 6) is 1.73. The van der Waals surface area contributed by atoms with Gasteiger partial charge >= 0.3 is 0 Å². The van der Waals surface area contributed by atoms with E-state index >= 15 is 0 Å². The van der Waals surface area contributed by atoms with Crippen LogP contribution in [0.1, 0.15) is 33.1 Å². The Morgan fingerprint density at radius 2 is 2.44 bits per heavy atom. The van der Waals surface area contributed by atoms with Crippen LogP contribution in [0.4, 0.5) is 5.82 Å². The van der Waals surface area contributed by atoms with Crippen LogP contribution in [0, 0.1) is 5.92 Å². The lowest BCUT2D eigenvalue weighted by Crippen LogP contribution is -2.45. The minimum Gasteiger partial charge on any atom is -0.355 e. The molecule has 1 aromatic rings. The summed E-state index contributed by atoms with van der Waals surface area (Å²) in [5.41, 5.74) is 0. The van der Waals surface area contributed by atoms with Gasteiger partial charge in [-0.1, -0.05) is 6.92 Å². The summed E-state index contributed by atoms with van der Waals surface area (Å²) in [6, 6.07) is 4.61. The highest BCUT2D eigenvalue weighted by Gasteiger charge is 2.24. The molecule has 0 aromatic carbocycles. The second kappa shape index (κ2) is 6.69. The quantitative estimate of drug-likeness (QED) is 0.866. The highest BCUT2D eigenvalue weighted by molar-refractivity contribution is 5.36. The second-order valence-electron chi connectivity index (χ2n) is 5.17. The van der Waals surface area contributed by atoms with E-state index in [9.17, 15) is 0 Å². The van der Waals surface area contributed by atoms with Crippen molar-refractivity contribution in [2.75, 3.05) is 24.5 Å². The van der Waals surface area contributed by atoms with Crippen molar-refractivity contribution in [3.63, 3.8) is 0 Å². The number of anilines is 1. The van der Waals surface area contributed by atoms with Crippen LogP contribution >= 0.6 is 0 Å². The van der Waals surface area contributed by atoms with Gasteiger partial charge in [-0.15, -0.1) is 5.10 Å². The molecule has 0 saturated carbocycles. The first-order chi connectivity index (χ1) is 8.81. The molecule has 1 aliphatic rings. The number of aromatic nitrogens is 2. The molecule has 100 valence electrons. The highest BCUT2D eigenvalue weighted by Crippen LogP contribution is 2.23. The normalized spacial score (nSPS) is 21.9. The van der Waals surface area contributed by atoms with Gasteiger partial charge in [-0.05, 0) is 50.8 Å². The average molecular weight is 248 g/mol. The van der Waals surface area contributed by atoms with E-state index in [1.165, 1.54) is 19.3 Å². The van der Waals surface area contributed by atoms with Crippen LogP contribution in [-0.2, 0) is 0 Å². The minimum atomic E-state index is 0.587. The Bertz CT molecular complexity index is 341. The number of rotatable bonds is 5. The molecular weight excluding hydrogens is 224 g/mol. The van der Waals surface area contributed by atoms with Gasteiger partial charge in [-0.2, -0.15) is 5.10 Å². The van der Waals surface area contributed by atoms with Crippen LogP contribution in [0.2, 0.25) is 0 Å². The van der Waals surface area contributed by atoms with Gasteiger partial charge in [0.2, 0.25) is 0 Å². The van der Waals surface area contributed by atoms with Crippen LogP contribution in [0.3, 0.4) is 0 Å². The summed E-state index contributed by atoms with van der Waals surface area (Å²) in [5, 5.41) is 11.8. The summed E-state index contributed by atoms with van der Waals surface area (Å²) in [6.07, 6.45) is 5.50. The molecule has 0 aliphatic carbocycles. The van der Waals surface area contributed by atoms with Crippen molar-refractivity contribution in [1.82, 2.24) is 15.5 Å². The van der Waals surface area contributed by atoms with E-state index in [1.807, 2.05) is 6.07 Å². The predicted octanol–water partition coefficient (Wildman–Crippen LogP) is 2.08. The molecule has 0 bridgehead atoms. The Morgan fingerprint density at radius 1 is 1.56 bits per heavy atom. The number of nitrogens with one attached hydrogen (secondary N) is 1. The van der Waals surface area contributed by atoms with E-state index in [2.05, 4.69) is 40.3 Å². The van der Waals surface area contributed by atoms with Crippen LogP contribution in [0.15, 0.2) is 18.3 Å². The molecular formula is C14H24N4. The fourth-order valence-corrected chi connectivity index (χ4v) is 2.63. The first-order valence-corrected chi connectivity index (χ1v) is 7.07. The van der Waals surface area contributed by atoms with Gasteiger partial charge in [-0.25, -0.2) is 0 Å². The molecule has 2 atom stereocenters. The third-order valence-electron chi connectivity index (χ3n) is 3.76. The van der Waals surface area contributed by atoms with E-state index in [0.717, 1.165) is 25.5 Å². The molecule has 1 saturated heterocycles. The molecule has 2 rings (SSSR count). The van der Waals surface area contributed by atoms with Gasteiger partial charge in [-0.3, -0.25) is 0 Å². The Labute approximate surface area is 110 Å². The summed E-state index contributed by atoms with van der Waals surface area (Å²) in [4.78, 5) is 2.37. The Kier molecular flexibility index (Phi) is 4.93. The maximum absolute atomic E-state index is 4.21. The van der Waals surface area contributed by atoms with Crippen molar-refractivity contribution >= 4 is 5.82 Å². The SMILES string of the molecule is CCCNC(C)C1CCCN(c2cccnn2)C1. The molecule has 2 heterocycles. The maximum Gasteiger partial charge on any atom is 0.151 e. The van der Waals surface area contributed by atoms with E-state index in [1.54, 1.807) is 6.20 Å². The largest absolute Gasteiger partial charge is 0.355 e. The van der Waals surface area contributed by atoms with Gasteiger partial charge < -0.3 is 10.2 Å². The van der Waals surface area contributed by atoms with Crippen LogP contribution in [-0.4, -0.2) is 35.9 Å². The van der Waals surface area contributed by atoms with Gasteiger partial charge in [0.25, 0.3) is 0 Å². The van der Waals surface area contributed by atoms with E-state index < -0.39 is 0 Å². The van der Waals surface area contributed by atoms with Crippen molar-refractivity contribution in [3.8, 4) is 0 Å². The molecule has 0 spiro atoms. The smallest absolute Gasteiger partial charge is 0.151 e. The maximum atomic E-state index is 4.21. The van der Waals surface area contributed by atoms with Crippen LogP contribution < -0.4 is 10.2 Å². The molecule has 1 N–H and O–H groups in total. The standard InChI is InChI=1S/C14H24N4/c1-3-8-15-12(2)13-6-5-10-18(11-13)14-7-4-9-16-17-14/h4,7,9,12-13,15H,3,5-6,8,10-11H2,1-2H3. The van der Waals surface area contributed by atoms with Gasteiger partial charge in [0.1, 0.15) is 0 Å². The molecule has 4 heteroatoms. The van der Waals surface area contributed by atoms with Crippen molar-refractivity contribution in [2.24, 2.45) is 5.92 Å². The lowest BCUT2D eigenvalue weighted by atomic mass is 9.91. The summed E-state index contributed by atoms with van der Waals surface area (Å²) < 4.78 is 0.